The predicted molar refractivity (Wildman–Crippen MR) is 59.8 cm³/mol. The first-order chi connectivity index (χ1) is 5.88. The highest BCUT2D eigenvalue weighted by Crippen LogP contribution is 2.25. The van der Waals surface area contributed by atoms with Crippen LogP contribution in [0.1, 0.15) is 27.7 Å². The maximum Gasteiger partial charge on any atom is 0.0715 e. The lowest BCUT2D eigenvalue weighted by molar-refractivity contribution is 1.13. The fraction of sp³-hybridized carbons (Fsp3) is 0.500. The molecular weight excluding hydrogens is 166 g/mol. The minimum absolute atomic E-state index is 0.873. The lowest BCUT2D eigenvalue weighted by Gasteiger charge is -1.94. The Bertz CT molecular complexity index is 202. The summed E-state index contributed by atoms with van der Waals surface area (Å²) in [5, 5.41) is 2.07. The van der Waals surface area contributed by atoms with Gasteiger partial charge in [-0.25, -0.2) is 0 Å². The van der Waals surface area contributed by atoms with E-state index in [-0.39, 0.29) is 0 Å². The molecule has 1 aliphatic rings. The molecule has 0 N–H and O–H groups in total. The van der Waals surface area contributed by atoms with Gasteiger partial charge in [0.25, 0.3) is 0 Å². The van der Waals surface area contributed by atoms with Crippen LogP contribution in [0.15, 0.2) is 27.5 Å². The second kappa shape index (κ2) is 7.17. The summed E-state index contributed by atoms with van der Waals surface area (Å²) < 4.78 is 0. The summed E-state index contributed by atoms with van der Waals surface area (Å²) in [7, 11) is 0. The van der Waals surface area contributed by atoms with E-state index in [0.717, 1.165) is 12.3 Å². The molecule has 0 aromatic rings. The molecule has 1 nitrogen and oxygen atoms in total. The van der Waals surface area contributed by atoms with Crippen LogP contribution in [0.25, 0.3) is 0 Å². The Hall–Kier alpha value is -0.500. The second-order valence-electron chi connectivity index (χ2n) is 1.93. The molecule has 0 saturated carbocycles. The van der Waals surface area contributed by atoms with E-state index in [1.807, 2.05) is 20.8 Å². The smallest absolute Gasteiger partial charge is 0.0715 e. The van der Waals surface area contributed by atoms with Gasteiger partial charge in [0.1, 0.15) is 0 Å². The van der Waals surface area contributed by atoms with E-state index in [4.69, 9.17) is 0 Å². The zero-order valence-electron chi connectivity index (χ0n) is 8.29. The van der Waals surface area contributed by atoms with E-state index in [9.17, 15) is 0 Å². The Kier molecular flexibility index (Phi) is 6.87. The van der Waals surface area contributed by atoms with Crippen molar-refractivity contribution in [1.82, 2.24) is 0 Å². The number of hydrogen-bond acceptors (Lipinski definition) is 2. The highest BCUT2D eigenvalue weighted by Gasteiger charge is 2.06. The average molecular weight is 183 g/mol. The summed E-state index contributed by atoms with van der Waals surface area (Å²) in [4.78, 5) is 5.60. The molecule has 0 spiro atoms. The molecule has 1 aliphatic heterocycles. The van der Waals surface area contributed by atoms with E-state index in [2.05, 4.69) is 29.5 Å². The van der Waals surface area contributed by atoms with Gasteiger partial charge in [-0.3, -0.25) is 4.99 Å². The van der Waals surface area contributed by atoms with Crippen LogP contribution >= 0.6 is 11.8 Å². The van der Waals surface area contributed by atoms with E-state index >= 15 is 0 Å². The number of aliphatic imine (C=N–C) groups is 1. The van der Waals surface area contributed by atoms with Crippen molar-refractivity contribution in [1.29, 1.82) is 0 Å². The molecular formula is C10H17NS. The van der Waals surface area contributed by atoms with E-state index in [1.165, 1.54) is 4.91 Å². The highest BCUT2D eigenvalue weighted by atomic mass is 32.2. The van der Waals surface area contributed by atoms with Crippen LogP contribution in [-0.4, -0.2) is 12.3 Å². The van der Waals surface area contributed by atoms with Crippen LogP contribution in [0, 0.1) is 0 Å². The van der Waals surface area contributed by atoms with E-state index < -0.39 is 0 Å². The third-order valence-electron chi connectivity index (χ3n) is 1.26. The quantitative estimate of drug-likeness (QED) is 0.604. The van der Waals surface area contributed by atoms with E-state index in [0.29, 0.717) is 0 Å². The summed E-state index contributed by atoms with van der Waals surface area (Å²) in [5.74, 6) is 0. The molecule has 1 heterocycles. The standard InChI is InChI=1S/C8H11NS.C2H6/c1-3-8-7(9-4-2)5-6-10-8;1-2/h3,5-6H,4H2,1-2H3;1-2H3/b8-3+,9-7?;. The summed E-state index contributed by atoms with van der Waals surface area (Å²) in [5.41, 5.74) is 1.13. The molecule has 2 heteroatoms. The Morgan fingerprint density at radius 3 is 2.67 bits per heavy atom. The van der Waals surface area contributed by atoms with Crippen molar-refractivity contribution in [3.05, 3.63) is 22.5 Å². The molecule has 68 valence electrons. The molecule has 0 aromatic heterocycles. The van der Waals surface area contributed by atoms with Gasteiger partial charge in [-0.2, -0.15) is 0 Å². The van der Waals surface area contributed by atoms with Crippen LogP contribution in [-0.2, 0) is 0 Å². The van der Waals surface area contributed by atoms with Crippen molar-refractivity contribution in [3.8, 4) is 0 Å². The molecule has 1 rings (SSSR count). The fourth-order valence-corrected chi connectivity index (χ4v) is 1.56. The lowest BCUT2D eigenvalue weighted by Crippen LogP contribution is -1.90. The first-order valence-electron chi connectivity index (χ1n) is 4.42. The van der Waals surface area contributed by atoms with Crippen molar-refractivity contribution in [2.24, 2.45) is 4.99 Å². The van der Waals surface area contributed by atoms with Crippen LogP contribution in [0.4, 0.5) is 0 Å². The molecule has 0 atom stereocenters. The van der Waals surface area contributed by atoms with Gasteiger partial charge in [-0.1, -0.05) is 31.7 Å². The third kappa shape index (κ3) is 3.26. The summed E-state index contributed by atoms with van der Waals surface area (Å²) >= 11 is 1.74. The maximum absolute atomic E-state index is 4.32. The molecule has 0 bridgehead atoms. The van der Waals surface area contributed by atoms with Crippen LogP contribution in [0.3, 0.4) is 0 Å². The molecule has 0 fully saturated rings. The summed E-state index contributed by atoms with van der Waals surface area (Å²) in [6.45, 7) is 8.97. The molecule has 0 radical (unpaired) electrons. The highest BCUT2D eigenvalue weighted by molar-refractivity contribution is 8.07. The van der Waals surface area contributed by atoms with E-state index in [1.54, 1.807) is 11.8 Å². The zero-order chi connectivity index (χ0) is 9.40. The van der Waals surface area contributed by atoms with Crippen molar-refractivity contribution >= 4 is 17.5 Å². The maximum atomic E-state index is 4.32. The fourth-order valence-electron chi connectivity index (χ4n) is 0.831. The van der Waals surface area contributed by atoms with Crippen molar-refractivity contribution in [3.63, 3.8) is 0 Å². The number of rotatable bonds is 1. The summed E-state index contributed by atoms with van der Waals surface area (Å²) in [6.07, 6.45) is 4.16. The average Bonchev–Trinajstić information content (AvgIpc) is 2.56. The predicted octanol–water partition coefficient (Wildman–Crippen LogP) is 3.64. The molecule has 0 saturated heterocycles. The van der Waals surface area contributed by atoms with Gasteiger partial charge in [0.15, 0.2) is 0 Å². The second-order valence-corrected chi connectivity index (χ2v) is 2.88. The normalized spacial score (nSPS) is 21.3. The number of allylic oxidation sites excluding steroid dienone is 3. The number of hydrogen-bond donors (Lipinski definition) is 0. The Morgan fingerprint density at radius 2 is 2.17 bits per heavy atom. The van der Waals surface area contributed by atoms with Crippen LogP contribution in [0.2, 0.25) is 0 Å². The Balaban J connectivity index is 0.000000561. The molecule has 0 aromatic carbocycles. The lowest BCUT2D eigenvalue weighted by atomic mass is 10.3. The zero-order valence-corrected chi connectivity index (χ0v) is 9.11. The van der Waals surface area contributed by atoms with Gasteiger partial charge in [0.05, 0.1) is 5.71 Å². The molecule has 0 aliphatic carbocycles. The first kappa shape index (κ1) is 11.5. The van der Waals surface area contributed by atoms with Gasteiger partial charge >= 0.3 is 0 Å². The van der Waals surface area contributed by atoms with Gasteiger partial charge < -0.3 is 0 Å². The van der Waals surface area contributed by atoms with Gasteiger partial charge in [0.2, 0.25) is 0 Å². The van der Waals surface area contributed by atoms with Crippen molar-refractivity contribution in [2.45, 2.75) is 27.7 Å². The minimum Gasteiger partial charge on any atom is -0.284 e. The van der Waals surface area contributed by atoms with Crippen LogP contribution in [0.5, 0.6) is 0 Å². The molecule has 12 heavy (non-hydrogen) atoms. The topological polar surface area (TPSA) is 12.4 Å². The van der Waals surface area contributed by atoms with Gasteiger partial charge in [-0.05, 0) is 25.3 Å². The van der Waals surface area contributed by atoms with Gasteiger partial charge in [0, 0.05) is 11.4 Å². The molecule has 0 amide bonds. The van der Waals surface area contributed by atoms with Crippen molar-refractivity contribution < 1.29 is 0 Å². The monoisotopic (exact) mass is 183 g/mol. The number of thioether (sulfide) groups is 1. The van der Waals surface area contributed by atoms with Crippen molar-refractivity contribution in [2.75, 3.05) is 6.54 Å². The first-order valence-corrected chi connectivity index (χ1v) is 5.30. The minimum atomic E-state index is 0.873. The number of nitrogens with zero attached hydrogens (tertiary/aromatic N) is 1. The SMILES string of the molecule is C/C=C1/SC=CC1=NCC.CC. The Morgan fingerprint density at radius 1 is 1.50 bits per heavy atom. The Labute approximate surface area is 79.7 Å². The van der Waals surface area contributed by atoms with Gasteiger partial charge in [-0.15, -0.1) is 0 Å². The third-order valence-corrected chi connectivity index (χ3v) is 2.23. The largest absolute Gasteiger partial charge is 0.284 e. The summed E-state index contributed by atoms with van der Waals surface area (Å²) in [6, 6.07) is 0. The molecule has 0 unspecified atom stereocenters. The van der Waals surface area contributed by atoms with Crippen LogP contribution < -0.4 is 0 Å².